The molecule has 5 nitrogen and oxygen atoms in total. The number of aromatic nitrogens is 2. The van der Waals surface area contributed by atoms with Gasteiger partial charge >= 0.3 is 0 Å². The third-order valence-electron chi connectivity index (χ3n) is 7.52. The van der Waals surface area contributed by atoms with E-state index in [2.05, 4.69) is 147 Å². The maximum Gasteiger partial charge on any atom is 0.286 e. The number of anilines is 2. The maximum atomic E-state index is 5.32. The van der Waals surface area contributed by atoms with Crippen LogP contribution in [0.3, 0.4) is 0 Å². The van der Waals surface area contributed by atoms with E-state index in [4.69, 9.17) is 5.10 Å². The molecule has 3 aliphatic rings. The number of rotatable bonds is 2. The fourth-order valence-electron chi connectivity index (χ4n) is 6.22. The molecule has 2 unspecified atom stereocenters. The molecule has 166 valence electrons. The van der Waals surface area contributed by atoms with E-state index in [-0.39, 0.29) is 6.17 Å². The largest absolute Gasteiger partial charge is 0.295 e. The predicted molar refractivity (Wildman–Crippen MR) is 137 cm³/mol. The van der Waals surface area contributed by atoms with Crippen LogP contribution in [0, 0.1) is 0 Å². The van der Waals surface area contributed by atoms with Gasteiger partial charge in [-0.15, -0.1) is 4.68 Å². The fraction of sp³-hybridized carbons (Fsp3) is 0.0667. The molecule has 2 atom stereocenters. The number of hydrogen-bond acceptors (Lipinski definition) is 3. The zero-order valence-corrected chi connectivity index (χ0v) is 18.9. The van der Waals surface area contributed by atoms with Crippen LogP contribution >= 0.6 is 0 Å². The van der Waals surface area contributed by atoms with Crippen molar-refractivity contribution >= 4 is 17.2 Å². The Hall–Kier alpha value is -4.64. The molecule has 4 aromatic carbocycles. The lowest BCUT2D eigenvalue weighted by atomic mass is 9.81. The molecule has 0 saturated carbocycles. The van der Waals surface area contributed by atoms with E-state index in [0.29, 0.717) is 0 Å². The Morgan fingerprint density at radius 3 is 2.06 bits per heavy atom. The summed E-state index contributed by atoms with van der Waals surface area (Å²) in [4.78, 5) is 2.42. The van der Waals surface area contributed by atoms with Gasteiger partial charge in [-0.25, -0.2) is 5.01 Å². The molecule has 0 bridgehead atoms. The van der Waals surface area contributed by atoms with E-state index < -0.39 is 5.54 Å². The summed E-state index contributed by atoms with van der Waals surface area (Å²) in [6, 6.07) is 40.8. The summed E-state index contributed by atoms with van der Waals surface area (Å²) in [6.07, 6.45) is 4.24. The van der Waals surface area contributed by atoms with E-state index in [0.717, 1.165) is 22.8 Å². The first kappa shape index (κ1) is 18.7. The molecule has 0 saturated heterocycles. The Labute approximate surface area is 203 Å². The van der Waals surface area contributed by atoms with Gasteiger partial charge in [-0.2, -0.15) is 5.10 Å². The minimum absolute atomic E-state index is 0.111. The minimum atomic E-state index is -0.480. The Morgan fingerprint density at radius 1 is 0.657 bits per heavy atom. The van der Waals surface area contributed by atoms with E-state index >= 15 is 0 Å². The van der Waals surface area contributed by atoms with Gasteiger partial charge in [-0.05, 0) is 36.4 Å². The smallest absolute Gasteiger partial charge is 0.286 e. The molecule has 4 heterocycles. The van der Waals surface area contributed by atoms with Crippen LogP contribution in [0.5, 0.6) is 0 Å². The normalized spacial score (nSPS) is 21.0. The van der Waals surface area contributed by atoms with Crippen LogP contribution < -0.4 is 14.6 Å². The minimum Gasteiger partial charge on any atom is -0.295 e. The van der Waals surface area contributed by atoms with Crippen molar-refractivity contribution in [2.45, 2.75) is 11.7 Å². The summed E-state index contributed by atoms with van der Waals surface area (Å²) in [5.41, 5.74) is 6.63. The molecule has 35 heavy (non-hydrogen) atoms. The summed E-state index contributed by atoms with van der Waals surface area (Å²) < 4.78 is 4.67. The predicted octanol–water partition coefficient (Wildman–Crippen LogP) is 4.90. The van der Waals surface area contributed by atoms with Crippen molar-refractivity contribution in [1.82, 2.24) is 4.68 Å². The highest BCUT2D eigenvalue weighted by Gasteiger charge is 2.70. The monoisotopic (exact) mass is 452 g/mol. The zero-order chi connectivity index (χ0) is 23.0. The summed E-state index contributed by atoms with van der Waals surface area (Å²) in [5, 5.41) is 7.56. The van der Waals surface area contributed by atoms with Crippen LogP contribution in [0.15, 0.2) is 133 Å². The lowest BCUT2D eigenvalue weighted by molar-refractivity contribution is -0.801. The number of nitrogens with zero attached hydrogens (tertiary/aromatic N) is 5. The lowest BCUT2D eigenvalue weighted by Crippen LogP contribution is -2.68. The lowest BCUT2D eigenvalue weighted by Gasteiger charge is -2.34. The molecule has 3 aliphatic heterocycles. The number of hydrazone groups is 1. The maximum absolute atomic E-state index is 5.32. The molecule has 8 rings (SSSR count). The van der Waals surface area contributed by atoms with Gasteiger partial charge in [0.2, 0.25) is 6.17 Å². The van der Waals surface area contributed by atoms with Gasteiger partial charge in [0.15, 0.2) is 12.0 Å². The third-order valence-corrected chi connectivity index (χ3v) is 7.52. The molecule has 1 spiro atoms. The van der Waals surface area contributed by atoms with Gasteiger partial charge in [0.1, 0.15) is 5.69 Å². The summed E-state index contributed by atoms with van der Waals surface area (Å²) in [6.45, 7) is 0. The second-order valence-electron chi connectivity index (χ2n) is 9.19. The van der Waals surface area contributed by atoms with Gasteiger partial charge < -0.3 is 0 Å². The molecule has 5 aromatic rings. The standard InChI is InChI=1S/C30H22N5/c1-3-12-22(13-4-1)28-31-35-27-19-10-8-17-25(27)30(29(35)34(28)23-14-5-2-6-15-23)24-16-7-9-18-26(24)32-20-11-21-33(30)32/h1-21,29H/q+1. The topological polar surface area (TPSA) is 27.6 Å². The summed E-state index contributed by atoms with van der Waals surface area (Å²) in [5.74, 6) is 0.957. The number of fused-ring (bicyclic) bond motifs is 10. The Bertz CT molecular complexity index is 1620. The number of amidine groups is 1. The second-order valence-corrected chi connectivity index (χ2v) is 9.19. The van der Waals surface area contributed by atoms with E-state index in [1.807, 2.05) is 0 Å². The molecule has 0 fully saturated rings. The molecule has 0 N–H and O–H groups in total. The van der Waals surface area contributed by atoms with E-state index in [1.165, 1.54) is 16.8 Å². The quantitative estimate of drug-likeness (QED) is 0.357. The van der Waals surface area contributed by atoms with Crippen molar-refractivity contribution in [3.8, 4) is 5.69 Å². The number of benzene rings is 4. The molecule has 0 radical (unpaired) electrons. The first-order valence-corrected chi connectivity index (χ1v) is 12.0. The van der Waals surface area contributed by atoms with Crippen LogP contribution in [0.4, 0.5) is 11.4 Å². The van der Waals surface area contributed by atoms with Crippen molar-refractivity contribution in [1.29, 1.82) is 0 Å². The molecule has 1 aromatic heterocycles. The Balaban J connectivity index is 1.48. The van der Waals surface area contributed by atoms with Gasteiger partial charge in [0.05, 0.1) is 23.0 Å². The highest BCUT2D eigenvalue weighted by atomic mass is 15.7. The van der Waals surface area contributed by atoms with Gasteiger partial charge in [0.25, 0.3) is 5.54 Å². The average Bonchev–Trinajstić information content (AvgIpc) is 3.67. The third kappa shape index (κ3) is 2.23. The highest BCUT2D eigenvalue weighted by molar-refractivity contribution is 6.13. The molecule has 0 aliphatic carbocycles. The van der Waals surface area contributed by atoms with Crippen LogP contribution in [-0.4, -0.2) is 16.7 Å². The van der Waals surface area contributed by atoms with Crippen molar-refractivity contribution in [2.75, 3.05) is 9.91 Å². The molecule has 0 amide bonds. The summed E-state index contributed by atoms with van der Waals surface area (Å²) in [7, 11) is 0. The Morgan fingerprint density at radius 2 is 1.29 bits per heavy atom. The van der Waals surface area contributed by atoms with Crippen LogP contribution in [0.25, 0.3) is 5.69 Å². The second kappa shape index (κ2) is 6.70. The van der Waals surface area contributed by atoms with Crippen molar-refractivity contribution in [3.63, 3.8) is 0 Å². The van der Waals surface area contributed by atoms with Gasteiger partial charge in [-0.3, -0.25) is 4.90 Å². The van der Waals surface area contributed by atoms with Crippen molar-refractivity contribution < 1.29 is 4.68 Å². The Kier molecular flexibility index (Phi) is 3.59. The summed E-state index contributed by atoms with van der Waals surface area (Å²) >= 11 is 0. The number of para-hydroxylation sites is 3. The van der Waals surface area contributed by atoms with E-state index in [9.17, 15) is 0 Å². The zero-order valence-electron chi connectivity index (χ0n) is 18.9. The van der Waals surface area contributed by atoms with Gasteiger partial charge in [-0.1, -0.05) is 77.5 Å². The van der Waals surface area contributed by atoms with Crippen molar-refractivity contribution in [2.24, 2.45) is 5.10 Å². The first-order chi connectivity index (χ1) is 17.4. The molecular formula is C30H22N5+. The van der Waals surface area contributed by atoms with Gasteiger partial charge in [0, 0.05) is 17.3 Å². The number of hydrogen-bond donors (Lipinski definition) is 0. The molecular weight excluding hydrogens is 430 g/mol. The van der Waals surface area contributed by atoms with Crippen LogP contribution in [-0.2, 0) is 5.54 Å². The molecule has 5 heteroatoms. The average molecular weight is 453 g/mol. The highest BCUT2D eigenvalue weighted by Crippen LogP contribution is 2.54. The first-order valence-electron chi connectivity index (χ1n) is 12.0. The fourth-order valence-corrected chi connectivity index (χ4v) is 6.22. The van der Waals surface area contributed by atoms with Crippen molar-refractivity contribution in [3.05, 3.63) is 144 Å². The van der Waals surface area contributed by atoms with Crippen LogP contribution in [0.1, 0.15) is 16.7 Å². The SMILES string of the molecule is c1ccc(C2=NN3c4ccccc4C4(c5ccccc5-n5ccc[n+]54)C3N2c2ccccc2)cc1. The van der Waals surface area contributed by atoms with E-state index in [1.54, 1.807) is 0 Å². The van der Waals surface area contributed by atoms with Crippen LogP contribution in [0.2, 0.25) is 0 Å².